The van der Waals surface area contributed by atoms with E-state index in [2.05, 4.69) is 15.5 Å². The van der Waals surface area contributed by atoms with Crippen LogP contribution >= 0.6 is 0 Å². The average Bonchev–Trinajstić information content (AvgIpc) is 3.36. The van der Waals surface area contributed by atoms with E-state index in [0.717, 1.165) is 11.1 Å². The van der Waals surface area contributed by atoms with E-state index in [4.69, 9.17) is 4.52 Å². The summed E-state index contributed by atoms with van der Waals surface area (Å²) in [6.07, 6.45) is 1.78. The van der Waals surface area contributed by atoms with Crippen molar-refractivity contribution in [3.05, 3.63) is 83.8 Å². The standard InChI is InChI=1S/C22H19FN4O2/c1-15-4-2-5-16(12-15)13-24-20(28)14-27-11-3-6-19(27)22-25-21(26-29-22)17-7-9-18(23)10-8-17/h2-12H,13-14H2,1H3,(H,24,28). The SMILES string of the molecule is Cc1cccc(CNC(=O)Cn2cccc2-c2nc(-c3ccc(F)cc3)no2)c1. The summed E-state index contributed by atoms with van der Waals surface area (Å²) in [5, 5.41) is 6.87. The van der Waals surface area contributed by atoms with Crippen LogP contribution in [0.4, 0.5) is 4.39 Å². The summed E-state index contributed by atoms with van der Waals surface area (Å²) in [6.45, 7) is 2.61. The highest BCUT2D eigenvalue weighted by Gasteiger charge is 2.15. The van der Waals surface area contributed by atoms with E-state index in [1.54, 1.807) is 29.0 Å². The molecule has 146 valence electrons. The minimum Gasteiger partial charge on any atom is -0.350 e. The lowest BCUT2D eigenvalue weighted by Crippen LogP contribution is -2.27. The zero-order valence-corrected chi connectivity index (χ0v) is 15.8. The van der Waals surface area contributed by atoms with Crippen molar-refractivity contribution < 1.29 is 13.7 Å². The minimum absolute atomic E-state index is 0.123. The monoisotopic (exact) mass is 390 g/mol. The average molecular weight is 390 g/mol. The molecule has 0 fully saturated rings. The maximum absolute atomic E-state index is 13.1. The van der Waals surface area contributed by atoms with E-state index >= 15 is 0 Å². The molecule has 0 aliphatic rings. The van der Waals surface area contributed by atoms with E-state index in [0.29, 0.717) is 29.5 Å². The Morgan fingerprint density at radius 1 is 1.14 bits per heavy atom. The molecule has 2 aromatic heterocycles. The number of nitrogens with zero attached hydrogens (tertiary/aromatic N) is 3. The molecule has 1 N–H and O–H groups in total. The predicted octanol–water partition coefficient (Wildman–Crippen LogP) is 3.97. The number of hydrogen-bond donors (Lipinski definition) is 1. The third kappa shape index (κ3) is 4.40. The second kappa shape index (κ2) is 8.10. The lowest BCUT2D eigenvalue weighted by atomic mass is 10.1. The van der Waals surface area contributed by atoms with Gasteiger partial charge in [0.1, 0.15) is 18.1 Å². The number of benzene rings is 2. The molecule has 2 aromatic carbocycles. The fourth-order valence-corrected chi connectivity index (χ4v) is 3.02. The number of nitrogens with one attached hydrogen (secondary N) is 1. The largest absolute Gasteiger partial charge is 0.350 e. The number of aromatic nitrogens is 3. The molecule has 0 spiro atoms. The fraction of sp³-hybridized carbons (Fsp3) is 0.136. The Labute approximate surface area is 167 Å². The van der Waals surface area contributed by atoms with Crippen LogP contribution in [0.15, 0.2) is 71.4 Å². The quantitative estimate of drug-likeness (QED) is 0.541. The lowest BCUT2D eigenvalue weighted by molar-refractivity contribution is -0.121. The molecule has 2 heterocycles. The molecule has 0 aliphatic carbocycles. The smallest absolute Gasteiger partial charge is 0.274 e. The van der Waals surface area contributed by atoms with E-state index in [1.165, 1.54) is 12.1 Å². The van der Waals surface area contributed by atoms with Crippen molar-refractivity contribution in [1.29, 1.82) is 0 Å². The van der Waals surface area contributed by atoms with Crippen LogP contribution in [0, 0.1) is 12.7 Å². The maximum Gasteiger partial charge on any atom is 0.274 e. The van der Waals surface area contributed by atoms with Gasteiger partial charge in [-0.25, -0.2) is 4.39 Å². The van der Waals surface area contributed by atoms with Gasteiger partial charge in [0.05, 0.1) is 0 Å². The Kier molecular flexibility index (Phi) is 5.20. The molecule has 0 unspecified atom stereocenters. The third-order valence-electron chi connectivity index (χ3n) is 4.46. The normalized spacial score (nSPS) is 10.8. The third-order valence-corrected chi connectivity index (χ3v) is 4.46. The zero-order valence-electron chi connectivity index (χ0n) is 15.8. The van der Waals surface area contributed by atoms with Crippen LogP contribution in [0.2, 0.25) is 0 Å². The van der Waals surface area contributed by atoms with Crippen LogP contribution in [0.3, 0.4) is 0 Å². The number of amides is 1. The van der Waals surface area contributed by atoms with Gasteiger partial charge in [-0.3, -0.25) is 4.79 Å². The van der Waals surface area contributed by atoms with Gasteiger partial charge in [0, 0.05) is 18.3 Å². The van der Waals surface area contributed by atoms with Crippen molar-refractivity contribution in [1.82, 2.24) is 20.0 Å². The van der Waals surface area contributed by atoms with Crippen LogP contribution in [-0.2, 0) is 17.9 Å². The molecule has 0 saturated heterocycles. The summed E-state index contributed by atoms with van der Waals surface area (Å²) in [4.78, 5) is 16.7. The van der Waals surface area contributed by atoms with Crippen molar-refractivity contribution in [3.63, 3.8) is 0 Å². The Hall–Kier alpha value is -3.74. The number of carbonyl (C=O) groups is 1. The van der Waals surface area contributed by atoms with Gasteiger partial charge in [-0.2, -0.15) is 4.98 Å². The predicted molar refractivity (Wildman–Crippen MR) is 106 cm³/mol. The summed E-state index contributed by atoms with van der Waals surface area (Å²) in [7, 11) is 0. The van der Waals surface area contributed by atoms with Gasteiger partial charge in [-0.05, 0) is 48.9 Å². The van der Waals surface area contributed by atoms with Crippen molar-refractivity contribution in [2.45, 2.75) is 20.0 Å². The summed E-state index contributed by atoms with van der Waals surface area (Å²) >= 11 is 0. The molecule has 0 radical (unpaired) electrons. The summed E-state index contributed by atoms with van der Waals surface area (Å²) in [5.41, 5.74) is 3.48. The van der Waals surface area contributed by atoms with Gasteiger partial charge in [-0.1, -0.05) is 35.0 Å². The van der Waals surface area contributed by atoms with Gasteiger partial charge >= 0.3 is 0 Å². The molecule has 29 heavy (non-hydrogen) atoms. The lowest BCUT2D eigenvalue weighted by Gasteiger charge is -2.08. The van der Waals surface area contributed by atoms with E-state index in [1.807, 2.05) is 37.3 Å². The van der Waals surface area contributed by atoms with Crippen LogP contribution in [-0.4, -0.2) is 20.6 Å². The molecule has 6 nitrogen and oxygen atoms in total. The second-order valence-electron chi connectivity index (χ2n) is 6.72. The number of hydrogen-bond acceptors (Lipinski definition) is 4. The zero-order chi connectivity index (χ0) is 20.2. The highest BCUT2D eigenvalue weighted by Crippen LogP contribution is 2.23. The molecule has 1 amide bonds. The van der Waals surface area contributed by atoms with E-state index in [-0.39, 0.29) is 18.3 Å². The Morgan fingerprint density at radius 2 is 1.97 bits per heavy atom. The molecule has 4 rings (SSSR count). The highest BCUT2D eigenvalue weighted by atomic mass is 19.1. The Bertz CT molecular complexity index is 1130. The van der Waals surface area contributed by atoms with Crippen molar-refractivity contribution >= 4 is 5.91 Å². The number of carbonyl (C=O) groups excluding carboxylic acids is 1. The summed E-state index contributed by atoms with van der Waals surface area (Å²) < 4.78 is 20.2. The molecule has 0 bridgehead atoms. The first-order valence-corrected chi connectivity index (χ1v) is 9.16. The Balaban J connectivity index is 1.44. The van der Waals surface area contributed by atoms with Crippen LogP contribution in [0.25, 0.3) is 23.0 Å². The topological polar surface area (TPSA) is 73.0 Å². The van der Waals surface area contributed by atoms with Crippen LogP contribution in [0.1, 0.15) is 11.1 Å². The van der Waals surface area contributed by atoms with Crippen molar-refractivity contribution in [3.8, 4) is 23.0 Å². The second-order valence-corrected chi connectivity index (χ2v) is 6.72. The minimum atomic E-state index is -0.331. The molecular weight excluding hydrogens is 371 g/mol. The highest BCUT2D eigenvalue weighted by molar-refractivity contribution is 5.76. The summed E-state index contributed by atoms with van der Waals surface area (Å²) in [6, 6.07) is 17.5. The number of aryl methyl sites for hydroxylation is 1. The first-order valence-electron chi connectivity index (χ1n) is 9.16. The molecule has 0 aliphatic heterocycles. The maximum atomic E-state index is 13.1. The molecular formula is C22H19FN4O2. The van der Waals surface area contributed by atoms with Crippen molar-refractivity contribution in [2.24, 2.45) is 0 Å². The molecule has 0 atom stereocenters. The number of halogens is 1. The Morgan fingerprint density at radius 3 is 2.76 bits per heavy atom. The van der Waals surface area contributed by atoms with Crippen molar-refractivity contribution in [2.75, 3.05) is 0 Å². The first-order chi connectivity index (χ1) is 14.1. The van der Waals surface area contributed by atoms with Crippen LogP contribution in [0.5, 0.6) is 0 Å². The van der Waals surface area contributed by atoms with Gasteiger partial charge in [0.15, 0.2) is 0 Å². The molecule has 7 heteroatoms. The van der Waals surface area contributed by atoms with Gasteiger partial charge in [0.2, 0.25) is 11.7 Å². The first kappa shape index (κ1) is 18.6. The fourth-order valence-electron chi connectivity index (χ4n) is 3.02. The summed E-state index contributed by atoms with van der Waals surface area (Å²) in [5.74, 6) is 0.197. The van der Waals surface area contributed by atoms with Crippen LogP contribution < -0.4 is 5.32 Å². The molecule has 4 aromatic rings. The van der Waals surface area contributed by atoms with E-state index in [9.17, 15) is 9.18 Å². The van der Waals surface area contributed by atoms with Gasteiger partial charge in [-0.15, -0.1) is 0 Å². The van der Waals surface area contributed by atoms with Gasteiger partial charge < -0.3 is 14.4 Å². The molecule has 0 saturated carbocycles. The number of rotatable bonds is 6. The van der Waals surface area contributed by atoms with E-state index < -0.39 is 0 Å². The van der Waals surface area contributed by atoms with Gasteiger partial charge in [0.25, 0.3) is 5.89 Å².